The first-order valence-electron chi connectivity index (χ1n) is 6.24. The lowest BCUT2D eigenvalue weighted by Crippen LogP contribution is -2.32. The molecule has 0 radical (unpaired) electrons. The molecule has 1 aliphatic heterocycles. The number of hydrogen-bond donors (Lipinski definition) is 1. The molecule has 1 N–H and O–H groups in total. The Bertz CT molecular complexity index is 330. The summed E-state index contributed by atoms with van der Waals surface area (Å²) in [5.41, 5.74) is 1.30. The van der Waals surface area contributed by atoms with Gasteiger partial charge in [-0.15, -0.1) is 0 Å². The fourth-order valence-electron chi connectivity index (χ4n) is 2.16. The van der Waals surface area contributed by atoms with Gasteiger partial charge in [-0.05, 0) is 31.7 Å². The van der Waals surface area contributed by atoms with Crippen LogP contribution in [0.1, 0.15) is 26.7 Å². The zero-order chi connectivity index (χ0) is 11.4. The van der Waals surface area contributed by atoms with Crippen molar-refractivity contribution in [3.05, 3.63) is 18.3 Å². The van der Waals surface area contributed by atoms with Crippen molar-refractivity contribution in [2.24, 2.45) is 5.92 Å². The van der Waals surface area contributed by atoms with Crippen LogP contribution in [0.5, 0.6) is 0 Å². The van der Waals surface area contributed by atoms with Crippen molar-refractivity contribution < 1.29 is 0 Å². The van der Waals surface area contributed by atoms with E-state index < -0.39 is 0 Å². The van der Waals surface area contributed by atoms with Gasteiger partial charge in [-0.2, -0.15) is 0 Å². The number of piperidine rings is 1. The summed E-state index contributed by atoms with van der Waals surface area (Å²) in [6, 6.07) is 4.26. The van der Waals surface area contributed by atoms with Gasteiger partial charge in [0.15, 0.2) is 0 Å². The average molecular weight is 219 g/mol. The van der Waals surface area contributed by atoms with Gasteiger partial charge in [-0.1, -0.05) is 6.92 Å². The van der Waals surface area contributed by atoms with Crippen molar-refractivity contribution in [3.8, 4) is 0 Å². The molecule has 3 nitrogen and oxygen atoms in total. The van der Waals surface area contributed by atoms with Gasteiger partial charge in [-0.25, -0.2) is 4.98 Å². The zero-order valence-corrected chi connectivity index (χ0v) is 10.2. The second-order valence-corrected chi connectivity index (χ2v) is 4.60. The Morgan fingerprint density at radius 3 is 2.88 bits per heavy atom. The van der Waals surface area contributed by atoms with E-state index in [0.717, 1.165) is 18.3 Å². The van der Waals surface area contributed by atoms with E-state index in [9.17, 15) is 0 Å². The highest BCUT2D eigenvalue weighted by Gasteiger charge is 2.16. The second-order valence-electron chi connectivity index (χ2n) is 4.60. The molecule has 1 fully saturated rings. The number of pyridine rings is 1. The second kappa shape index (κ2) is 5.19. The minimum absolute atomic E-state index is 0.881. The van der Waals surface area contributed by atoms with E-state index in [-0.39, 0.29) is 0 Å². The van der Waals surface area contributed by atoms with Crippen LogP contribution in [0.4, 0.5) is 11.5 Å². The van der Waals surface area contributed by atoms with E-state index in [0.29, 0.717) is 0 Å². The quantitative estimate of drug-likeness (QED) is 0.847. The molecule has 0 saturated carbocycles. The Hall–Kier alpha value is -1.25. The number of aromatic nitrogens is 1. The summed E-state index contributed by atoms with van der Waals surface area (Å²) < 4.78 is 0. The highest BCUT2D eigenvalue weighted by molar-refractivity contribution is 5.54. The highest BCUT2D eigenvalue weighted by Crippen LogP contribution is 2.23. The van der Waals surface area contributed by atoms with Crippen molar-refractivity contribution in [2.75, 3.05) is 29.9 Å². The summed E-state index contributed by atoms with van der Waals surface area (Å²) in [6.07, 6.45) is 4.50. The number of nitrogens with zero attached hydrogens (tertiary/aromatic N) is 2. The largest absolute Gasteiger partial charge is 0.371 e. The van der Waals surface area contributed by atoms with Crippen molar-refractivity contribution >= 4 is 11.5 Å². The van der Waals surface area contributed by atoms with Crippen LogP contribution >= 0.6 is 0 Å². The van der Waals surface area contributed by atoms with Crippen LogP contribution in [-0.4, -0.2) is 24.6 Å². The maximum absolute atomic E-state index is 4.30. The Labute approximate surface area is 97.9 Å². The van der Waals surface area contributed by atoms with Gasteiger partial charge in [-0.3, -0.25) is 0 Å². The first-order chi connectivity index (χ1) is 7.79. The molecule has 2 heterocycles. The predicted octanol–water partition coefficient (Wildman–Crippen LogP) is 2.75. The van der Waals surface area contributed by atoms with E-state index in [1.54, 1.807) is 0 Å². The molecule has 0 aromatic carbocycles. The molecule has 0 bridgehead atoms. The van der Waals surface area contributed by atoms with Crippen molar-refractivity contribution in [1.29, 1.82) is 0 Å². The van der Waals surface area contributed by atoms with E-state index in [4.69, 9.17) is 0 Å². The summed E-state index contributed by atoms with van der Waals surface area (Å²) in [4.78, 5) is 6.76. The Morgan fingerprint density at radius 1 is 1.44 bits per heavy atom. The molecule has 0 aliphatic carbocycles. The third kappa shape index (κ3) is 2.65. The van der Waals surface area contributed by atoms with E-state index in [1.165, 1.54) is 31.6 Å². The number of hydrogen-bond acceptors (Lipinski definition) is 3. The maximum atomic E-state index is 4.30. The number of nitrogens with one attached hydrogen (secondary N) is 1. The van der Waals surface area contributed by atoms with Crippen LogP contribution in [0.15, 0.2) is 18.3 Å². The number of anilines is 2. The summed E-state index contributed by atoms with van der Waals surface area (Å²) in [6.45, 7) is 7.71. The predicted molar refractivity (Wildman–Crippen MR) is 69.0 cm³/mol. The van der Waals surface area contributed by atoms with Crippen LogP contribution in [0.2, 0.25) is 0 Å². The fraction of sp³-hybridized carbons (Fsp3) is 0.615. The molecule has 1 saturated heterocycles. The SMILES string of the molecule is CCNc1cc(N2CCC(C)CC2)ccn1. The van der Waals surface area contributed by atoms with E-state index in [2.05, 4.69) is 41.2 Å². The van der Waals surface area contributed by atoms with Gasteiger partial charge in [0.1, 0.15) is 5.82 Å². The minimum Gasteiger partial charge on any atom is -0.371 e. The number of rotatable bonds is 3. The standard InChI is InChI=1S/C13H21N3/c1-3-14-13-10-12(4-7-15-13)16-8-5-11(2)6-9-16/h4,7,10-11H,3,5-6,8-9H2,1-2H3,(H,14,15). The van der Waals surface area contributed by atoms with Crippen molar-refractivity contribution in [3.63, 3.8) is 0 Å². The van der Waals surface area contributed by atoms with Crippen LogP contribution in [-0.2, 0) is 0 Å². The Morgan fingerprint density at radius 2 is 2.19 bits per heavy atom. The molecule has 1 aromatic heterocycles. The van der Waals surface area contributed by atoms with Crippen molar-refractivity contribution in [1.82, 2.24) is 4.98 Å². The van der Waals surface area contributed by atoms with Gasteiger partial charge >= 0.3 is 0 Å². The molecule has 0 spiro atoms. The van der Waals surface area contributed by atoms with Gasteiger partial charge in [0.2, 0.25) is 0 Å². The Balaban J connectivity index is 2.05. The molecule has 0 unspecified atom stereocenters. The summed E-state index contributed by atoms with van der Waals surface area (Å²) in [5.74, 6) is 1.87. The summed E-state index contributed by atoms with van der Waals surface area (Å²) in [7, 11) is 0. The molecule has 16 heavy (non-hydrogen) atoms. The monoisotopic (exact) mass is 219 g/mol. The maximum Gasteiger partial charge on any atom is 0.127 e. The van der Waals surface area contributed by atoms with E-state index >= 15 is 0 Å². The lowest BCUT2D eigenvalue weighted by Gasteiger charge is -2.32. The Kier molecular flexibility index (Phi) is 3.65. The lowest BCUT2D eigenvalue weighted by molar-refractivity contribution is 0.438. The lowest BCUT2D eigenvalue weighted by atomic mass is 9.99. The van der Waals surface area contributed by atoms with Crippen LogP contribution in [0, 0.1) is 5.92 Å². The van der Waals surface area contributed by atoms with Gasteiger partial charge < -0.3 is 10.2 Å². The topological polar surface area (TPSA) is 28.2 Å². The van der Waals surface area contributed by atoms with E-state index in [1.807, 2.05) is 6.20 Å². The molecule has 88 valence electrons. The molecule has 1 aromatic rings. The molecular formula is C13H21N3. The summed E-state index contributed by atoms with van der Waals surface area (Å²) in [5, 5.41) is 3.26. The normalized spacial score (nSPS) is 17.5. The third-order valence-electron chi connectivity index (χ3n) is 3.25. The van der Waals surface area contributed by atoms with Crippen LogP contribution in [0.25, 0.3) is 0 Å². The van der Waals surface area contributed by atoms with Gasteiger partial charge in [0.05, 0.1) is 0 Å². The molecule has 0 amide bonds. The molecular weight excluding hydrogens is 198 g/mol. The molecule has 1 aliphatic rings. The van der Waals surface area contributed by atoms with Crippen molar-refractivity contribution in [2.45, 2.75) is 26.7 Å². The average Bonchev–Trinajstić information content (AvgIpc) is 2.31. The fourth-order valence-corrected chi connectivity index (χ4v) is 2.16. The molecule has 0 atom stereocenters. The van der Waals surface area contributed by atoms with Gasteiger partial charge in [0.25, 0.3) is 0 Å². The minimum atomic E-state index is 0.881. The van der Waals surface area contributed by atoms with Gasteiger partial charge in [0, 0.05) is 37.6 Å². The first kappa shape index (κ1) is 11.2. The zero-order valence-electron chi connectivity index (χ0n) is 10.2. The molecule has 2 rings (SSSR count). The van der Waals surface area contributed by atoms with Crippen LogP contribution < -0.4 is 10.2 Å². The van der Waals surface area contributed by atoms with Crippen LogP contribution in [0.3, 0.4) is 0 Å². The smallest absolute Gasteiger partial charge is 0.127 e. The molecule has 3 heteroatoms. The first-order valence-corrected chi connectivity index (χ1v) is 6.24. The highest BCUT2D eigenvalue weighted by atomic mass is 15.1. The summed E-state index contributed by atoms with van der Waals surface area (Å²) >= 11 is 0. The third-order valence-corrected chi connectivity index (χ3v) is 3.25.